The third-order valence-corrected chi connectivity index (χ3v) is 6.59. The Bertz CT molecular complexity index is 839. The Balaban J connectivity index is 1.26. The highest BCUT2D eigenvalue weighted by Gasteiger charge is 2.30. The van der Waals surface area contributed by atoms with Gasteiger partial charge in [0, 0.05) is 49.9 Å². The Morgan fingerprint density at radius 2 is 1.80 bits per heavy atom. The van der Waals surface area contributed by atoms with E-state index in [1.165, 1.54) is 0 Å². The van der Waals surface area contributed by atoms with Crippen molar-refractivity contribution in [2.24, 2.45) is 5.92 Å². The van der Waals surface area contributed by atoms with E-state index in [1.807, 2.05) is 36.1 Å². The number of halogens is 1. The van der Waals surface area contributed by atoms with Gasteiger partial charge in [0.1, 0.15) is 0 Å². The number of carbonyl (C=O) groups is 1. The second-order valence-corrected chi connectivity index (χ2v) is 8.95. The summed E-state index contributed by atoms with van der Waals surface area (Å²) in [5, 5.41) is 4.77. The summed E-state index contributed by atoms with van der Waals surface area (Å²) in [6.45, 7) is 10.2. The van der Waals surface area contributed by atoms with E-state index in [9.17, 15) is 4.79 Å². The Labute approximate surface area is 183 Å². The molecule has 3 heterocycles. The highest BCUT2D eigenvalue weighted by atomic mass is 35.5. The molecular formula is C22H30ClN5O2. The zero-order valence-corrected chi connectivity index (χ0v) is 18.5. The van der Waals surface area contributed by atoms with Crippen LogP contribution in [0.4, 0.5) is 0 Å². The zero-order valence-electron chi connectivity index (χ0n) is 17.8. The molecule has 1 aromatic carbocycles. The number of piperazine rings is 1. The van der Waals surface area contributed by atoms with Crippen LogP contribution >= 0.6 is 11.6 Å². The minimum atomic E-state index is -0.0551. The van der Waals surface area contributed by atoms with Gasteiger partial charge >= 0.3 is 0 Å². The van der Waals surface area contributed by atoms with Crippen molar-refractivity contribution in [2.75, 3.05) is 39.3 Å². The first-order chi connectivity index (χ1) is 14.5. The largest absolute Gasteiger partial charge is 0.341 e. The number of rotatable bonds is 5. The number of benzene rings is 1. The lowest BCUT2D eigenvalue weighted by Gasteiger charge is -2.39. The van der Waals surface area contributed by atoms with Gasteiger partial charge in [-0.05, 0) is 49.9 Å². The van der Waals surface area contributed by atoms with Gasteiger partial charge < -0.3 is 9.42 Å². The van der Waals surface area contributed by atoms with Crippen LogP contribution in [0.25, 0.3) is 11.4 Å². The lowest BCUT2D eigenvalue weighted by atomic mass is 9.98. The Hall–Kier alpha value is -1.96. The minimum absolute atomic E-state index is 0.0551. The third-order valence-electron chi connectivity index (χ3n) is 6.34. The highest BCUT2D eigenvalue weighted by molar-refractivity contribution is 6.30. The van der Waals surface area contributed by atoms with Crippen LogP contribution in [0.1, 0.15) is 32.6 Å². The minimum Gasteiger partial charge on any atom is -0.341 e. The second-order valence-electron chi connectivity index (χ2n) is 8.51. The van der Waals surface area contributed by atoms with E-state index in [2.05, 4.69) is 26.9 Å². The summed E-state index contributed by atoms with van der Waals surface area (Å²) < 4.78 is 5.44. The fraction of sp³-hybridized carbons (Fsp3) is 0.591. The molecule has 0 saturated carbocycles. The SMILES string of the molecule is CC1CCN(C(=O)C(C)N2CCN(Cc3nc(-c4ccc(Cl)cc4)no3)CC2)CC1. The van der Waals surface area contributed by atoms with Crippen LogP contribution in [0.3, 0.4) is 0 Å². The van der Waals surface area contributed by atoms with Crippen molar-refractivity contribution in [3.63, 3.8) is 0 Å². The monoisotopic (exact) mass is 431 g/mol. The summed E-state index contributed by atoms with van der Waals surface area (Å²) in [6.07, 6.45) is 2.24. The van der Waals surface area contributed by atoms with Gasteiger partial charge in [0.25, 0.3) is 0 Å². The van der Waals surface area contributed by atoms with Gasteiger partial charge in [0.15, 0.2) is 0 Å². The molecule has 2 saturated heterocycles. The highest BCUT2D eigenvalue weighted by Crippen LogP contribution is 2.20. The average molecular weight is 432 g/mol. The van der Waals surface area contributed by atoms with Gasteiger partial charge in [-0.15, -0.1) is 0 Å². The van der Waals surface area contributed by atoms with Gasteiger partial charge in [-0.3, -0.25) is 14.6 Å². The molecule has 1 atom stereocenters. The molecule has 2 aromatic rings. The van der Waals surface area contributed by atoms with E-state index in [0.717, 1.165) is 63.6 Å². The Kier molecular flexibility index (Phi) is 6.71. The van der Waals surface area contributed by atoms with Crippen LogP contribution in [-0.2, 0) is 11.3 Å². The fourth-order valence-corrected chi connectivity index (χ4v) is 4.31. The topological polar surface area (TPSA) is 65.7 Å². The first-order valence-corrected chi connectivity index (χ1v) is 11.2. The summed E-state index contributed by atoms with van der Waals surface area (Å²) in [4.78, 5) is 24.0. The summed E-state index contributed by atoms with van der Waals surface area (Å²) in [5.41, 5.74) is 0.888. The number of carbonyl (C=O) groups excluding carboxylic acids is 1. The van der Waals surface area contributed by atoms with Crippen LogP contribution in [-0.4, -0.2) is 76.1 Å². The molecule has 2 aliphatic heterocycles. The molecule has 4 rings (SSSR count). The summed E-state index contributed by atoms with van der Waals surface area (Å²) in [7, 11) is 0. The molecule has 162 valence electrons. The van der Waals surface area contributed by atoms with E-state index in [-0.39, 0.29) is 11.9 Å². The molecule has 2 aliphatic rings. The molecule has 2 fully saturated rings. The smallest absolute Gasteiger partial charge is 0.241 e. The van der Waals surface area contributed by atoms with Crippen LogP contribution in [0.5, 0.6) is 0 Å². The van der Waals surface area contributed by atoms with E-state index in [4.69, 9.17) is 16.1 Å². The first kappa shape index (κ1) is 21.3. The van der Waals surface area contributed by atoms with Crippen molar-refractivity contribution >= 4 is 17.5 Å². The van der Waals surface area contributed by atoms with Crippen LogP contribution < -0.4 is 0 Å². The molecule has 8 heteroatoms. The molecular weight excluding hydrogens is 402 g/mol. The average Bonchev–Trinajstić information content (AvgIpc) is 3.23. The molecule has 0 bridgehead atoms. The Morgan fingerprint density at radius 3 is 2.47 bits per heavy atom. The van der Waals surface area contributed by atoms with Crippen LogP contribution in [0, 0.1) is 5.92 Å². The van der Waals surface area contributed by atoms with Crippen molar-refractivity contribution in [3.05, 3.63) is 35.2 Å². The maximum Gasteiger partial charge on any atom is 0.241 e. The van der Waals surface area contributed by atoms with Gasteiger partial charge in [0.05, 0.1) is 12.6 Å². The van der Waals surface area contributed by atoms with Crippen molar-refractivity contribution in [2.45, 2.75) is 39.3 Å². The molecule has 0 aliphatic carbocycles. The molecule has 0 spiro atoms. The molecule has 0 N–H and O–H groups in total. The number of amides is 1. The van der Waals surface area contributed by atoms with Gasteiger partial charge in [-0.2, -0.15) is 4.98 Å². The lowest BCUT2D eigenvalue weighted by molar-refractivity contribution is -0.138. The van der Waals surface area contributed by atoms with E-state index < -0.39 is 0 Å². The number of nitrogens with zero attached hydrogens (tertiary/aromatic N) is 5. The van der Waals surface area contributed by atoms with Gasteiger partial charge in [0.2, 0.25) is 17.6 Å². The van der Waals surface area contributed by atoms with Crippen LogP contribution in [0.2, 0.25) is 5.02 Å². The summed E-state index contributed by atoms with van der Waals surface area (Å²) in [6, 6.07) is 7.35. The standard InChI is InChI=1S/C22H30ClN5O2/c1-16-7-9-28(10-8-16)22(29)17(2)27-13-11-26(12-14-27)15-20-24-21(25-30-20)18-3-5-19(23)6-4-18/h3-6,16-17H,7-15H2,1-2H3. The van der Waals surface area contributed by atoms with E-state index in [1.54, 1.807) is 0 Å². The molecule has 30 heavy (non-hydrogen) atoms. The maximum atomic E-state index is 12.9. The summed E-state index contributed by atoms with van der Waals surface area (Å²) >= 11 is 5.94. The normalized spacial score (nSPS) is 20.4. The predicted molar refractivity (Wildman–Crippen MR) is 116 cm³/mol. The Morgan fingerprint density at radius 1 is 1.13 bits per heavy atom. The number of hydrogen-bond acceptors (Lipinski definition) is 6. The van der Waals surface area contributed by atoms with Crippen molar-refractivity contribution in [1.29, 1.82) is 0 Å². The van der Waals surface area contributed by atoms with Crippen molar-refractivity contribution < 1.29 is 9.32 Å². The quantitative estimate of drug-likeness (QED) is 0.724. The van der Waals surface area contributed by atoms with Crippen LogP contribution in [0.15, 0.2) is 28.8 Å². The molecule has 1 unspecified atom stereocenters. The molecule has 0 radical (unpaired) electrons. The number of piperidine rings is 1. The molecule has 1 aromatic heterocycles. The number of likely N-dealkylation sites (tertiary alicyclic amines) is 1. The van der Waals surface area contributed by atoms with E-state index >= 15 is 0 Å². The zero-order chi connectivity index (χ0) is 21.1. The maximum absolute atomic E-state index is 12.9. The number of hydrogen-bond donors (Lipinski definition) is 0. The summed E-state index contributed by atoms with van der Waals surface area (Å²) in [5.74, 6) is 2.20. The fourth-order valence-electron chi connectivity index (χ4n) is 4.18. The lowest BCUT2D eigenvalue weighted by Crippen LogP contribution is -2.55. The van der Waals surface area contributed by atoms with E-state index in [0.29, 0.717) is 23.3 Å². The van der Waals surface area contributed by atoms with Crippen molar-refractivity contribution in [3.8, 4) is 11.4 Å². The number of aromatic nitrogens is 2. The van der Waals surface area contributed by atoms with Gasteiger partial charge in [-0.1, -0.05) is 23.7 Å². The van der Waals surface area contributed by atoms with Gasteiger partial charge in [-0.25, -0.2) is 0 Å². The molecule has 7 nitrogen and oxygen atoms in total. The van der Waals surface area contributed by atoms with Crippen molar-refractivity contribution in [1.82, 2.24) is 24.8 Å². The molecule has 1 amide bonds. The third kappa shape index (κ3) is 5.02. The first-order valence-electron chi connectivity index (χ1n) is 10.8. The predicted octanol–water partition coefficient (Wildman–Crippen LogP) is 3.15. The second kappa shape index (κ2) is 9.45.